The van der Waals surface area contributed by atoms with E-state index in [4.69, 9.17) is 4.74 Å². The zero-order chi connectivity index (χ0) is 17.3. The van der Waals surface area contributed by atoms with Crippen molar-refractivity contribution in [3.8, 4) is 5.75 Å². The minimum absolute atomic E-state index is 0.0554. The number of carbonyl (C=O) groups is 1. The molecule has 2 aromatic carbocycles. The molecule has 3 rings (SSSR count). The first-order valence-corrected chi connectivity index (χ1v) is 9.08. The fourth-order valence-electron chi connectivity index (χ4n) is 3.07. The van der Waals surface area contributed by atoms with Crippen molar-refractivity contribution >= 4 is 11.6 Å². The number of nitrogens with one attached hydrogen (secondary N) is 1. The van der Waals surface area contributed by atoms with Crippen LogP contribution in [-0.2, 0) is 11.4 Å². The third-order valence-corrected chi connectivity index (χ3v) is 4.45. The molecule has 0 aliphatic carbocycles. The molecule has 0 radical (unpaired) electrons. The molecule has 0 atom stereocenters. The van der Waals surface area contributed by atoms with E-state index in [1.807, 2.05) is 54.6 Å². The largest absolute Gasteiger partial charge is 0.489 e. The lowest BCUT2D eigenvalue weighted by atomic mass is 10.2. The number of nitrogens with zero attached hydrogens (tertiary/aromatic N) is 1. The van der Waals surface area contributed by atoms with Gasteiger partial charge in [-0.3, -0.25) is 9.69 Å². The fraction of sp³-hybridized carbons (Fsp3) is 0.381. The summed E-state index contributed by atoms with van der Waals surface area (Å²) >= 11 is 0. The summed E-state index contributed by atoms with van der Waals surface area (Å²) in [5.74, 6) is 0.856. The number of likely N-dealkylation sites (tertiary alicyclic amines) is 1. The molecule has 1 heterocycles. The second-order valence-corrected chi connectivity index (χ2v) is 6.54. The summed E-state index contributed by atoms with van der Waals surface area (Å²) in [7, 11) is 0. The molecule has 4 nitrogen and oxygen atoms in total. The van der Waals surface area contributed by atoms with Crippen molar-refractivity contribution in [1.82, 2.24) is 4.90 Å². The average Bonchev–Trinajstić information content (AvgIpc) is 2.90. The normalized spacial score (nSPS) is 15.4. The Balaban J connectivity index is 1.46. The van der Waals surface area contributed by atoms with Crippen molar-refractivity contribution in [3.05, 3.63) is 60.2 Å². The number of hydrogen-bond acceptors (Lipinski definition) is 3. The van der Waals surface area contributed by atoms with Crippen LogP contribution in [0.2, 0.25) is 0 Å². The molecule has 1 amide bonds. The molecule has 25 heavy (non-hydrogen) atoms. The standard InChI is InChI=1S/C21H26N2O2/c24-21(16-23-14-6-1-2-7-15-23)22-19-10-12-20(13-11-19)25-17-18-8-4-3-5-9-18/h3-5,8-13H,1-2,6-7,14-17H2,(H,22,24). The van der Waals surface area contributed by atoms with Crippen molar-refractivity contribution < 1.29 is 9.53 Å². The number of rotatable bonds is 6. The molecule has 0 saturated carbocycles. The highest BCUT2D eigenvalue weighted by atomic mass is 16.5. The van der Waals surface area contributed by atoms with E-state index in [2.05, 4.69) is 10.2 Å². The first-order valence-electron chi connectivity index (χ1n) is 9.08. The maximum Gasteiger partial charge on any atom is 0.238 e. The number of hydrogen-bond donors (Lipinski definition) is 1. The van der Waals surface area contributed by atoms with Crippen LogP contribution in [0.1, 0.15) is 31.2 Å². The smallest absolute Gasteiger partial charge is 0.238 e. The van der Waals surface area contributed by atoms with Crippen LogP contribution in [0.25, 0.3) is 0 Å². The lowest BCUT2D eigenvalue weighted by Gasteiger charge is -2.19. The Labute approximate surface area is 149 Å². The number of carbonyl (C=O) groups excluding carboxylic acids is 1. The molecule has 4 heteroatoms. The summed E-state index contributed by atoms with van der Waals surface area (Å²) in [6.45, 7) is 3.08. The van der Waals surface area contributed by atoms with E-state index in [9.17, 15) is 4.79 Å². The monoisotopic (exact) mass is 338 g/mol. The predicted octanol–water partition coefficient (Wildman–Crippen LogP) is 4.08. The van der Waals surface area contributed by atoms with Crippen LogP contribution in [0.5, 0.6) is 5.75 Å². The highest BCUT2D eigenvalue weighted by molar-refractivity contribution is 5.92. The van der Waals surface area contributed by atoms with E-state index in [0.29, 0.717) is 13.2 Å². The van der Waals surface area contributed by atoms with Crippen LogP contribution in [-0.4, -0.2) is 30.4 Å². The van der Waals surface area contributed by atoms with Crippen LogP contribution in [0.15, 0.2) is 54.6 Å². The van der Waals surface area contributed by atoms with Crippen molar-refractivity contribution in [2.45, 2.75) is 32.3 Å². The van der Waals surface area contributed by atoms with E-state index < -0.39 is 0 Å². The Morgan fingerprint density at radius 3 is 2.28 bits per heavy atom. The van der Waals surface area contributed by atoms with Gasteiger partial charge in [-0.25, -0.2) is 0 Å². The van der Waals surface area contributed by atoms with Crippen LogP contribution < -0.4 is 10.1 Å². The third kappa shape index (κ3) is 5.91. The van der Waals surface area contributed by atoms with Gasteiger partial charge in [0.1, 0.15) is 12.4 Å². The summed E-state index contributed by atoms with van der Waals surface area (Å²) in [6, 6.07) is 17.6. The molecule has 132 valence electrons. The van der Waals surface area contributed by atoms with Crippen LogP contribution in [0, 0.1) is 0 Å². The van der Waals surface area contributed by atoms with E-state index >= 15 is 0 Å². The van der Waals surface area contributed by atoms with Gasteiger partial charge in [0.2, 0.25) is 5.91 Å². The molecule has 0 aromatic heterocycles. The average molecular weight is 338 g/mol. The number of benzene rings is 2. The molecule has 0 unspecified atom stereocenters. The lowest BCUT2D eigenvalue weighted by Crippen LogP contribution is -2.33. The van der Waals surface area contributed by atoms with E-state index in [1.54, 1.807) is 0 Å². The minimum atomic E-state index is 0.0554. The first kappa shape index (κ1) is 17.5. The van der Waals surface area contributed by atoms with Gasteiger partial charge in [-0.15, -0.1) is 0 Å². The zero-order valence-corrected chi connectivity index (χ0v) is 14.6. The van der Waals surface area contributed by atoms with Gasteiger partial charge in [-0.05, 0) is 55.8 Å². The SMILES string of the molecule is O=C(CN1CCCCCC1)Nc1ccc(OCc2ccccc2)cc1. The Morgan fingerprint density at radius 1 is 0.920 bits per heavy atom. The Hall–Kier alpha value is -2.33. The predicted molar refractivity (Wildman–Crippen MR) is 101 cm³/mol. The summed E-state index contributed by atoms with van der Waals surface area (Å²) in [5, 5.41) is 2.97. The van der Waals surface area contributed by atoms with Crippen molar-refractivity contribution in [2.24, 2.45) is 0 Å². The van der Waals surface area contributed by atoms with Gasteiger partial charge < -0.3 is 10.1 Å². The van der Waals surface area contributed by atoms with Crippen molar-refractivity contribution in [2.75, 3.05) is 25.0 Å². The Morgan fingerprint density at radius 2 is 1.60 bits per heavy atom. The molecule has 2 aromatic rings. The van der Waals surface area contributed by atoms with Crippen LogP contribution in [0.3, 0.4) is 0 Å². The fourth-order valence-corrected chi connectivity index (χ4v) is 3.07. The zero-order valence-electron chi connectivity index (χ0n) is 14.6. The van der Waals surface area contributed by atoms with Crippen LogP contribution in [0.4, 0.5) is 5.69 Å². The second-order valence-electron chi connectivity index (χ2n) is 6.54. The summed E-state index contributed by atoms with van der Waals surface area (Å²) in [6.07, 6.45) is 4.95. The second kappa shape index (κ2) is 9.23. The van der Waals surface area contributed by atoms with Gasteiger partial charge in [0, 0.05) is 5.69 Å². The lowest BCUT2D eigenvalue weighted by molar-refractivity contribution is -0.117. The molecule has 1 N–H and O–H groups in total. The van der Waals surface area contributed by atoms with E-state index in [-0.39, 0.29) is 5.91 Å². The molecule has 1 saturated heterocycles. The quantitative estimate of drug-likeness (QED) is 0.863. The maximum absolute atomic E-state index is 12.2. The minimum Gasteiger partial charge on any atom is -0.489 e. The van der Waals surface area contributed by atoms with Gasteiger partial charge in [-0.2, -0.15) is 0 Å². The van der Waals surface area contributed by atoms with Gasteiger partial charge >= 0.3 is 0 Å². The molecular formula is C21H26N2O2. The van der Waals surface area contributed by atoms with Crippen LogP contribution >= 0.6 is 0 Å². The van der Waals surface area contributed by atoms with Gasteiger partial charge in [0.25, 0.3) is 0 Å². The first-order chi connectivity index (χ1) is 12.3. The Bertz CT molecular complexity index is 647. The Kier molecular flexibility index (Phi) is 6.46. The third-order valence-electron chi connectivity index (χ3n) is 4.45. The molecule has 1 fully saturated rings. The molecular weight excluding hydrogens is 312 g/mol. The molecule has 1 aliphatic rings. The van der Waals surface area contributed by atoms with E-state index in [1.165, 1.54) is 25.7 Å². The molecule has 0 bridgehead atoms. The van der Waals surface area contributed by atoms with Crippen molar-refractivity contribution in [1.29, 1.82) is 0 Å². The van der Waals surface area contributed by atoms with Crippen molar-refractivity contribution in [3.63, 3.8) is 0 Å². The molecule has 0 spiro atoms. The molecule has 1 aliphatic heterocycles. The number of anilines is 1. The van der Waals surface area contributed by atoms with Gasteiger partial charge in [-0.1, -0.05) is 43.2 Å². The summed E-state index contributed by atoms with van der Waals surface area (Å²) in [4.78, 5) is 14.5. The highest BCUT2D eigenvalue weighted by Crippen LogP contribution is 2.17. The highest BCUT2D eigenvalue weighted by Gasteiger charge is 2.13. The maximum atomic E-state index is 12.2. The van der Waals surface area contributed by atoms with E-state index in [0.717, 1.165) is 30.1 Å². The number of amides is 1. The summed E-state index contributed by atoms with van der Waals surface area (Å²) < 4.78 is 5.77. The number of ether oxygens (including phenoxy) is 1. The van der Waals surface area contributed by atoms with Gasteiger partial charge in [0.15, 0.2) is 0 Å². The summed E-state index contributed by atoms with van der Waals surface area (Å²) in [5.41, 5.74) is 1.95. The topological polar surface area (TPSA) is 41.6 Å². The van der Waals surface area contributed by atoms with Gasteiger partial charge in [0.05, 0.1) is 6.54 Å².